The molecule has 0 atom stereocenters. The van der Waals surface area contributed by atoms with Gasteiger partial charge in [0, 0.05) is 13.7 Å². The second-order valence-corrected chi connectivity index (χ2v) is 4.46. The maximum atomic E-state index is 11.2. The normalized spacial score (nSPS) is 11.5. The molecule has 15 heavy (non-hydrogen) atoms. The van der Waals surface area contributed by atoms with Crippen LogP contribution in [-0.2, 0) is 14.3 Å². The van der Waals surface area contributed by atoms with Crippen molar-refractivity contribution >= 4 is 5.97 Å². The quantitative estimate of drug-likeness (QED) is 0.516. The molecule has 0 saturated carbocycles. The summed E-state index contributed by atoms with van der Waals surface area (Å²) in [4.78, 5) is 11.2. The maximum Gasteiger partial charge on any atom is 0.320 e. The number of carbonyl (C=O) groups is 1. The molecule has 0 bridgehead atoms. The summed E-state index contributed by atoms with van der Waals surface area (Å²) in [6.07, 6.45) is 2.02. The summed E-state index contributed by atoms with van der Waals surface area (Å²) in [5.74, 6) is -0.200. The molecule has 0 saturated heterocycles. The van der Waals surface area contributed by atoms with E-state index in [9.17, 15) is 4.79 Å². The fourth-order valence-corrected chi connectivity index (χ4v) is 1.06. The molecule has 0 aliphatic rings. The van der Waals surface area contributed by atoms with Gasteiger partial charge in [-0.15, -0.1) is 0 Å². The number of carbonyl (C=O) groups excluding carboxylic acids is 1. The Hall–Kier alpha value is -0.610. The lowest BCUT2D eigenvalue weighted by atomic mass is 10.2. The molecule has 4 heteroatoms. The number of methoxy groups -OCH3 is 1. The molecule has 0 spiro atoms. The van der Waals surface area contributed by atoms with Gasteiger partial charge in [-0.05, 0) is 40.2 Å². The van der Waals surface area contributed by atoms with Crippen LogP contribution in [-0.4, -0.2) is 38.4 Å². The Morgan fingerprint density at radius 1 is 1.27 bits per heavy atom. The van der Waals surface area contributed by atoms with Crippen LogP contribution in [0.3, 0.4) is 0 Å². The van der Waals surface area contributed by atoms with Gasteiger partial charge in [-0.1, -0.05) is 0 Å². The first-order valence-electron chi connectivity index (χ1n) is 5.37. The van der Waals surface area contributed by atoms with Crippen LogP contribution in [0.5, 0.6) is 0 Å². The van der Waals surface area contributed by atoms with E-state index in [1.165, 1.54) is 0 Å². The van der Waals surface area contributed by atoms with Gasteiger partial charge in [-0.25, -0.2) is 0 Å². The smallest absolute Gasteiger partial charge is 0.320 e. The third-order valence-corrected chi connectivity index (χ3v) is 1.64. The minimum Gasteiger partial charge on any atom is -0.459 e. The summed E-state index contributed by atoms with van der Waals surface area (Å²) < 4.78 is 10.1. The van der Waals surface area contributed by atoms with Crippen molar-refractivity contribution in [2.45, 2.75) is 39.2 Å². The van der Waals surface area contributed by atoms with Gasteiger partial charge in [0.25, 0.3) is 0 Å². The number of hydrogen-bond acceptors (Lipinski definition) is 4. The highest BCUT2D eigenvalue weighted by molar-refractivity contribution is 5.72. The molecule has 0 aromatic rings. The topological polar surface area (TPSA) is 47.6 Å². The highest BCUT2D eigenvalue weighted by atomic mass is 16.6. The second kappa shape index (κ2) is 7.65. The Labute approximate surface area is 92.3 Å². The molecule has 0 aliphatic heterocycles. The molecule has 0 heterocycles. The van der Waals surface area contributed by atoms with Gasteiger partial charge in [0.15, 0.2) is 0 Å². The zero-order valence-electron chi connectivity index (χ0n) is 10.3. The Balaban J connectivity index is 3.32. The minimum absolute atomic E-state index is 0.200. The molecule has 4 nitrogen and oxygen atoms in total. The maximum absolute atomic E-state index is 11.2. The first-order chi connectivity index (χ1) is 6.95. The molecule has 0 amide bonds. The second-order valence-electron chi connectivity index (χ2n) is 4.46. The van der Waals surface area contributed by atoms with Crippen molar-refractivity contribution in [2.75, 3.05) is 26.8 Å². The lowest BCUT2D eigenvalue weighted by Crippen LogP contribution is -2.31. The molecule has 0 rings (SSSR count). The fourth-order valence-electron chi connectivity index (χ4n) is 1.06. The minimum atomic E-state index is -0.394. The lowest BCUT2D eigenvalue weighted by molar-refractivity contribution is -0.153. The zero-order chi connectivity index (χ0) is 11.7. The Bertz CT molecular complexity index is 175. The van der Waals surface area contributed by atoms with Crippen molar-refractivity contribution < 1.29 is 14.3 Å². The van der Waals surface area contributed by atoms with E-state index in [1.54, 1.807) is 7.11 Å². The lowest BCUT2D eigenvalue weighted by Gasteiger charge is -2.19. The van der Waals surface area contributed by atoms with Crippen LogP contribution < -0.4 is 5.32 Å². The van der Waals surface area contributed by atoms with Gasteiger partial charge in [0.2, 0.25) is 0 Å². The van der Waals surface area contributed by atoms with E-state index in [2.05, 4.69) is 5.32 Å². The van der Waals surface area contributed by atoms with Gasteiger partial charge in [0.05, 0.1) is 6.54 Å². The van der Waals surface area contributed by atoms with Crippen LogP contribution in [0.1, 0.15) is 33.6 Å². The highest BCUT2D eigenvalue weighted by Gasteiger charge is 2.15. The fraction of sp³-hybridized carbons (Fsp3) is 0.909. The molecule has 0 aliphatic carbocycles. The highest BCUT2D eigenvalue weighted by Crippen LogP contribution is 2.06. The van der Waals surface area contributed by atoms with Crippen molar-refractivity contribution in [2.24, 2.45) is 0 Å². The van der Waals surface area contributed by atoms with E-state index in [1.807, 2.05) is 20.8 Å². The number of hydrogen-bond donors (Lipinski definition) is 1. The molecule has 0 aromatic carbocycles. The van der Waals surface area contributed by atoms with E-state index in [0.717, 1.165) is 26.0 Å². The molecule has 0 unspecified atom stereocenters. The van der Waals surface area contributed by atoms with Crippen molar-refractivity contribution in [3.8, 4) is 0 Å². The largest absolute Gasteiger partial charge is 0.459 e. The molecule has 0 radical (unpaired) electrons. The SMILES string of the molecule is COCCCCNCC(=O)OC(C)(C)C. The van der Waals surface area contributed by atoms with Crippen LogP contribution in [0, 0.1) is 0 Å². The van der Waals surface area contributed by atoms with E-state index in [-0.39, 0.29) is 12.5 Å². The van der Waals surface area contributed by atoms with Crippen molar-refractivity contribution in [3.05, 3.63) is 0 Å². The Morgan fingerprint density at radius 3 is 2.47 bits per heavy atom. The van der Waals surface area contributed by atoms with E-state index in [4.69, 9.17) is 9.47 Å². The third-order valence-electron chi connectivity index (χ3n) is 1.64. The number of nitrogens with one attached hydrogen (secondary N) is 1. The molecule has 0 aromatic heterocycles. The standard InChI is InChI=1S/C11H23NO3/c1-11(2,3)15-10(13)9-12-7-5-6-8-14-4/h12H,5-9H2,1-4H3. The molecule has 90 valence electrons. The number of unbranched alkanes of at least 4 members (excludes halogenated alkanes) is 1. The summed E-state index contributed by atoms with van der Waals surface area (Å²) in [5.41, 5.74) is -0.394. The molecular formula is C11H23NO3. The molecule has 1 N–H and O–H groups in total. The predicted octanol–water partition coefficient (Wildman–Crippen LogP) is 1.34. The molecular weight excluding hydrogens is 194 g/mol. The van der Waals surface area contributed by atoms with E-state index in [0.29, 0.717) is 0 Å². The number of esters is 1. The summed E-state index contributed by atoms with van der Waals surface area (Å²) in [7, 11) is 1.69. The van der Waals surface area contributed by atoms with Crippen LogP contribution in [0.15, 0.2) is 0 Å². The Kier molecular flexibility index (Phi) is 7.34. The van der Waals surface area contributed by atoms with Crippen LogP contribution in [0.4, 0.5) is 0 Å². The van der Waals surface area contributed by atoms with E-state index >= 15 is 0 Å². The van der Waals surface area contributed by atoms with Crippen molar-refractivity contribution in [1.82, 2.24) is 5.32 Å². The monoisotopic (exact) mass is 217 g/mol. The van der Waals surface area contributed by atoms with E-state index < -0.39 is 5.60 Å². The third kappa shape index (κ3) is 11.3. The van der Waals surface area contributed by atoms with Gasteiger partial charge in [-0.2, -0.15) is 0 Å². The van der Waals surface area contributed by atoms with Gasteiger partial charge < -0.3 is 14.8 Å². The summed E-state index contributed by atoms with van der Waals surface area (Å²) in [6.45, 7) is 7.47. The van der Waals surface area contributed by atoms with Crippen LogP contribution >= 0.6 is 0 Å². The first-order valence-corrected chi connectivity index (χ1v) is 5.37. The predicted molar refractivity (Wildman–Crippen MR) is 59.8 cm³/mol. The van der Waals surface area contributed by atoms with Crippen LogP contribution in [0.25, 0.3) is 0 Å². The number of rotatable bonds is 7. The Morgan fingerprint density at radius 2 is 1.93 bits per heavy atom. The average Bonchev–Trinajstić information content (AvgIpc) is 2.08. The summed E-state index contributed by atoms with van der Waals surface area (Å²) >= 11 is 0. The van der Waals surface area contributed by atoms with Gasteiger partial charge in [-0.3, -0.25) is 4.79 Å². The van der Waals surface area contributed by atoms with Crippen molar-refractivity contribution in [3.63, 3.8) is 0 Å². The van der Waals surface area contributed by atoms with Gasteiger partial charge in [0.1, 0.15) is 5.60 Å². The average molecular weight is 217 g/mol. The van der Waals surface area contributed by atoms with Crippen LogP contribution in [0.2, 0.25) is 0 Å². The summed E-state index contributed by atoms with van der Waals surface area (Å²) in [5, 5.41) is 3.04. The van der Waals surface area contributed by atoms with Crippen molar-refractivity contribution in [1.29, 1.82) is 0 Å². The summed E-state index contributed by atoms with van der Waals surface area (Å²) in [6, 6.07) is 0. The van der Waals surface area contributed by atoms with Gasteiger partial charge >= 0.3 is 5.97 Å². The number of ether oxygens (including phenoxy) is 2. The first kappa shape index (κ1) is 14.4. The zero-order valence-corrected chi connectivity index (χ0v) is 10.3. The molecule has 0 fully saturated rings.